The van der Waals surface area contributed by atoms with Crippen LogP contribution in [0.5, 0.6) is 0 Å². The van der Waals surface area contributed by atoms with Gasteiger partial charge in [0.2, 0.25) is 5.91 Å². The van der Waals surface area contributed by atoms with E-state index in [0.717, 1.165) is 83.4 Å². The maximum Gasteiger partial charge on any atom is 0.224 e. The van der Waals surface area contributed by atoms with E-state index >= 15 is 0 Å². The average molecular weight is 509 g/mol. The summed E-state index contributed by atoms with van der Waals surface area (Å²) in [6.45, 7) is 4.04. The van der Waals surface area contributed by atoms with Crippen LogP contribution >= 0.6 is 0 Å². The van der Waals surface area contributed by atoms with Crippen LogP contribution < -0.4 is 10.6 Å². The Morgan fingerprint density at radius 3 is 2.76 bits per heavy atom. The number of nitrogens with zero attached hydrogens (tertiary/aromatic N) is 2. The number of fused-ring (bicyclic) bond motifs is 1. The van der Waals surface area contributed by atoms with E-state index in [9.17, 15) is 4.79 Å². The number of piperidine rings is 1. The number of anilines is 1. The Labute approximate surface area is 227 Å². The molecule has 5 nitrogen and oxygen atoms in total. The molecular weight excluding hydrogens is 468 g/mol. The maximum absolute atomic E-state index is 13.4. The molecule has 0 bridgehead atoms. The molecule has 1 amide bonds. The summed E-state index contributed by atoms with van der Waals surface area (Å²) >= 11 is 0. The van der Waals surface area contributed by atoms with Crippen molar-refractivity contribution in [3.8, 4) is 11.1 Å². The van der Waals surface area contributed by atoms with Gasteiger partial charge < -0.3 is 15.5 Å². The van der Waals surface area contributed by atoms with Crippen molar-refractivity contribution in [1.82, 2.24) is 15.2 Å². The predicted molar refractivity (Wildman–Crippen MR) is 154 cm³/mol. The molecule has 1 saturated heterocycles. The van der Waals surface area contributed by atoms with Gasteiger partial charge in [-0.1, -0.05) is 60.7 Å². The first-order valence-corrected chi connectivity index (χ1v) is 14.6. The molecule has 6 rings (SSSR count). The molecular formula is C33H40N4O. The minimum atomic E-state index is -0.0547. The molecule has 1 aliphatic carbocycles. The summed E-state index contributed by atoms with van der Waals surface area (Å²) in [5, 5.41) is 6.94. The molecule has 3 aromatic rings. The molecule has 3 heterocycles. The zero-order chi connectivity index (χ0) is 25.8. The normalized spacial score (nSPS) is 20.3. The zero-order valence-corrected chi connectivity index (χ0v) is 22.4. The van der Waals surface area contributed by atoms with Gasteiger partial charge in [0, 0.05) is 24.3 Å². The van der Waals surface area contributed by atoms with Crippen LogP contribution in [-0.2, 0) is 24.1 Å². The van der Waals surface area contributed by atoms with Crippen molar-refractivity contribution in [3.05, 3.63) is 83.6 Å². The first kappa shape index (κ1) is 25.1. The van der Waals surface area contributed by atoms with Crippen molar-refractivity contribution in [3.63, 3.8) is 0 Å². The number of carbonyl (C=O) groups excluding carboxylic acids is 1. The molecule has 2 N–H and O–H groups in total. The van der Waals surface area contributed by atoms with E-state index < -0.39 is 0 Å². The number of aromatic nitrogens is 1. The molecule has 1 aromatic heterocycles. The van der Waals surface area contributed by atoms with Crippen molar-refractivity contribution in [2.24, 2.45) is 5.92 Å². The van der Waals surface area contributed by atoms with Gasteiger partial charge in [0.1, 0.15) is 5.82 Å². The number of carbonyl (C=O) groups is 1. The third kappa shape index (κ3) is 6.10. The Hall–Kier alpha value is -3.18. The molecule has 38 heavy (non-hydrogen) atoms. The van der Waals surface area contributed by atoms with E-state index in [1.165, 1.54) is 34.4 Å². The molecule has 1 unspecified atom stereocenters. The summed E-state index contributed by atoms with van der Waals surface area (Å²) < 4.78 is 0. The van der Waals surface area contributed by atoms with Crippen LogP contribution in [0.2, 0.25) is 0 Å². The number of amides is 1. The summed E-state index contributed by atoms with van der Waals surface area (Å²) in [5.41, 5.74) is 6.26. The Morgan fingerprint density at radius 2 is 1.89 bits per heavy atom. The second-order valence-corrected chi connectivity index (χ2v) is 11.6. The smallest absolute Gasteiger partial charge is 0.224 e. The molecule has 1 atom stereocenters. The van der Waals surface area contributed by atoms with E-state index in [-0.39, 0.29) is 17.4 Å². The Morgan fingerprint density at radius 1 is 1.03 bits per heavy atom. The summed E-state index contributed by atoms with van der Waals surface area (Å²) in [5.74, 6) is 1.45. The van der Waals surface area contributed by atoms with Crippen molar-refractivity contribution >= 4 is 11.7 Å². The number of hydrogen-bond acceptors (Lipinski definition) is 4. The monoisotopic (exact) mass is 508 g/mol. The van der Waals surface area contributed by atoms with Gasteiger partial charge in [-0.3, -0.25) is 4.79 Å². The quantitative estimate of drug-likeness (QED) is 0.393. The SMILES string of the molecule is O=C(NC1(Cc2cccc(-c3ccccc3)c2)CC1)C1CCCN(CCCc2ccc3c(n2)NCCC3)C1. The molecule has 2 fully saturated rings. The van der Waals surface area contributed by atoms with E-state index in [1.54, 1.807) is 0 Å². The minimum Gasteiger partial charge on any atom is -0.370 e. The van der Waals surface area contributed by atoms with Gasteiger partial charge in [0.15, 0.2) is 0 Å². The summed E-state index contributed by atoms with van der Waals surface area (Å²) in [7, 11) is 0. The number of rotatable bonds is 9. The van der Waals surface area contributed by atoms with Crippen LogP contribution in [0.4, 0.5) is 5.82 Å². The lowest BCUT2D eigenvalue weighted by molar-refractivity contribution is -0.127. The fourth-order valence-electron chi connectivity index (χ4n) is 6.21. The van der Waals surface area contributed by atoms with Crippen molar-refractivity contribution in [2.45, 2.75) is 63.3 Å². The highest BCUT2D eigenvalue weighted by Gasteiger charge is 2.45. The second-order valence-electron chi connectivity index (χ2n) is 11.6. The van der Waals surface area contributed by atoms with Gasteiger partial charge in [-0.2, -0.15) is 0 Å². The number of likely N-dealkylation sites (tertiary alicyclic amines) is 1. The average Bonchev–Trinajstić information content (AvgIpc) is 3.72. The van der Waals surface area contributed by atoms with Crippen LogP contribution in [0.15, 0.2) is 66.7 Å². The molecule has 1 saturated carbocycles. The zero-order valence-electron chi connectivity index (χ0n) is 22.4. The number of benzene rings is 2. The summed E-state index contributed by atoms with van der Waals surface area (Å²) in [6, 6.07) is 23.8. The lowest BCUT2D eigenvalue weighted by Gasteiger charge is -2.33. The molecule has 198 valence electrons. The lowest BCUT2D eigenvalue weighted by Crippen LogP contribution is -2.47. The maximum atomic E-state index is 13.4. The predicted octanol–water partition coefficient (Wildman–Crippen LogP) is 5.64. The number of pyridine rings is 1. The highest BCUT2D eigenvalue weighted by molar-refractivity contribution is 5.80. The van der Waals surface area contributed by atoms with Gasteiger partial charge in [-0.05, 0) is 99.2 Å². The van der Waals surface area contributed by atoms with Gasteiger partial charge in [0.25, 0.3) is 0 Å². The van der Waals surface area contributed by atoms with Crippen LogP contribution in [0, 0.1) is 5.92 Å². The van der Waals surface area contributed by atoms with Crippen LogP contribution in [0.3, 0.4) is 0 Å². The summed E-state index contributed by atoms with van der Waals surface area (Å²) in [6.07, 6.45) is 9.58. The topological polar surface area (TPSA) is 57.3 Å². The highest BCUT2D eigenvalue weighted by atomic mass is 16.2. The van der Waals surface area contributed by atoms with Crippen molar-refractivity contribution in [2.75, 3.05) is 31.5 Å². The Bertz CT molecular complexity index is 1250. The number of aryl methyl sites for hydroxylation is 2. The van der Waals surface area contributed by atoms with Gasteiger partial charge in [-0.25, -0.2) is 4.98 Å². The minimum absolute atomic E-state index is 0.0547. The van der Waals surface area contributed by atoms with Crippen LogP contribution in [0.25, 0.3) is 11.1 Å². The molecule has 0 spiro atoms. The third-order valence-corrected chi connectivity index (χ3v) is 8.55. The third-order valence-electron chi connectivity index (χ3n) is 8.55. The van der Waals surface area contributed by atoms with Crippen molar-refractivity contribution < 1.29 is 4.79 Å². The molecule has 2 aliphatic heterocycles. The van der Waals surface area contributed by atoms with E-state index in [2.05, 4.69) is 82.3 Å². The van der Waals surface area contributed by atoms with E-state index in [1.807, 2.05) is 0 Å². The molecule has 0 radical (unpaired) electrons. The summed E-state index contributed by atoms with van der Waals surface area (Å²) in [4.78, 5) is 20.7. The van der Waals surface area contributed by atoms with E-state index in [4.69, 9.17) is 4.98 Å². The first-order valence-electron chi connectivity index (χ1n) is 14.6. The standard InChI is InChI=1S/C33H40N4O/c38-32(36-33(17-18-33)23-25-8-4-11-28(22-25)26-9-2-1-3-10-26)29-13-6-20-37(24-29)21-7-14-30-16-15-27-12-5-19-34-31(27)35-30/h1-4,8-11,15-16,22,29H,5-7,12-14,17-21,23-24H2,(H,34,35)(H,36,38). The Kier molecular flexibility index (Phi) is 7.46. The first-order chi connectivity index (χ1) is 18.7. The largest absolute Gasteiger partial charge is 0.370 e. The fraction of sp³-hybridized carbons (Fsp3) is 0.455. The van der Waals surface area contributed by atoms with Gasteiger partial charge >= 0.3 is 0 Å². The van der Waals surface area contributed by atoms with Gasteiger partial charge in [0.05, 0.1) is 5.92 Å². The van der Waals surface area contributed by atoms with Crippen molar-refractivity contribution in [1.29, 1.82) is 0 Å². The highest BCUT2D eigenvalue weighted by Crippen LogP contribution is 2.39. The Balaban J connectivity index is 0.996. The molecule has 5 heteroatoms. The fourth-order valence-corrected chi connectivity index (χ4v) is 6.21. The van der Waals surface area contributed by atoms with Gasteiger partial charge in [-0.15, -0.1) is 0 Å². The number of nitrogens with one attached hydrogen (secondary N) is 2. The molecule has 3 aliphatic rings. The van der Waals surface area contributed by atoms with Crippen LogP contribution in [0.1, 0.15) is 55.3 Å². The number of hydrogen-bond donors (Lipinski definition) is 2. The second kappa shape index (κ2) is 11.3. The lowest BCUT2D eigenvalue weighted by atomic mass is 9.95. The van der Waals surface area contributed by atoms with Crippen LogP contribution in [-0.4, -0.2) is 47.5 Å². The molecule has 2 aromatic carbocycles. The van der Waals surface area contributed by atoms with E-state index in [0.29, 0.717) is 0 Å².